The Bertz CT molecular complexity index is 675. The third kappa shape index (κ3) is 4.22. The molecule has 2 aromatic rings. The van der Waals surface area contributed by atoms with Crippen LogP contribution in [0.15, 0.2) is 60.7 Å². The van der Waals surface area contributed by atoms with Crippen molar-refractivity contribution in [1.29, 1.82) is 0 Å². The van der Waals surface area contributed by atoms with E-state index in [1.165, 1.54) is 13.8 Å². The van der Waals surface area contributed by atoms with Crippen molar-refractivity contribution in [2.24, 2.45) is 5.92 Å². The van der Waals surface area contributed by atoms with Crippen molar-refractivity contribution < 1.29 is 14.4 Å². The van der Waals surface area contributed by atoms with Gasteiger partial charge in [-0.1, -0.05) is 60.7 Å². The van der Waals surface area contributed by atoms with E-state index in [0.29, 0.717) is 5.56 Å². The van der Waals surface area contributed by atoms with Gasteiger partial charge in [-0.2, -0.15) is 0 Å². The first-order chi connectivity index (χ1) is 11.0. The van der Waals surface area contributed by atoms with Gasteiger partial charge in [0.15, 0.2) is 5.78 Å². The molecule has 0 radical (unpaired) electrons. The van der Waals surface area contributed by atoms with Crippen LogP contribution in [0.3, 0.4) is 0 Å². The Labute approximate surface area is 136 Å². The fourth-order valence-corrected chi connectivity index (χ4v) is 2.92. The molecule has 0 aromatic heterocycles. The van der Waals surface area contributed by atoms with Crippen LogP contribution in [0.25, 0.3) is 0 Å². The maximum Gasteiger partial charge on any atom is 0.163 e. The average Bonchev–Trinajstić information content (AvgIpc) is 2.55. The van der Waals surface area contributed by atoms with Crippen molar-refractivity contribution in [3.63, 3.8) is 0 Å². The van der Waals surface area contributed by atoms with E-state index >= 15 is 0 Å². The molecule has 23 heavy (non-hydrogen) atoms. The van der Waals surface area contributed by atoms with Crippen molar-refractivity contribution in [1.82, 2.24) is 0 Å². The first kappa shape index (κ1) is 16.8. The largest absolute Gasteiger partial charge is 0.299 e. The lowest BCUT2D eigenvalue weighted by atomic mass is 9.78. The van der Waals surface area contributed by atoms with E-state index in [4.69, 9.17) is 0 Å². The van der Waals surface area contributed by atoms with Gasteiger partial charge in [0.25, 0.3) is 0 Å². The number of carbonyl (C=O) groups is 3. The molecule has 3 nitrogen and oxygen atoms in total. The second kappa shape index (κ2) is 7.63. The molecule has 3 heteroatoms. The van der Waals surface area contributed by atoms with Crippen LogP contribution in [0.1, 0.15) is 42.1 Å². The van der Waals surface area contributed by atoms with Gasteiger partial charge in [-0.3, -0.25) is 14.4 Å². The summed E-state index contributed by atoms with van der Waals surface area (Å²) in [5, 5.41) is 0. The highest BCUT2D eigenvalue weighted by atomic mass is 16.2. The van der Waals surface area contributed by atoms with E-state index in [0.717, 1.165) is 5.56 Å². The number of carbonyl (C=O) groups excluding carboxylic acids is 3. The monoisotopic (exact) mass is 308 g/mol. The van der Waals surface area contributed by atoms with Crippen molar-refractivity contribution in [2.75, 3.05) is 0 Å². The molecule has 0 spiro atoms. The van der Waals surface area contributed by atoms with Gasteiger partial charge in [-0.15, -0.1) is 0 Å². The number of hydrogen-bond donors (Lipinski definition) is 0. The fourth-order valence-electron chi connectivity index (χ4n) is 2.92. The zero-order valence-electron chi connectivity index (χ0n) is 13.4. The molecule has 0 saturated heterocycles. The van der Waals surface area contributed by atoms with Crippen LogP contribution in [0, 0.1) is 5.92 Å². The van der Waals surface area contributed by atoms with Gasteiger partial charge >= 0.3 is 0 Å². The minimum Gasteiger partial charge on any atom is -0.299 e. The van der Waals surface area contributed by atoms with Gasteiger partial charge in [-0.05, 0) is 19.4 Å². The summed E-state index contributed by atoms with van der Waals surface area (Å²) in [5.74, 6) is -1.68. The molecule has 1 unspecified atom stereocenters. The van der Waals surface area contributed by atoms with E-state index in [1.54, 1.807) is 24.3 Å². The highest BCUT2D eigenvalue weighted by molar-refractivity contribution is 6.03. The highest BCUT2D eigenvalue weighted by Gasteiger charge is 2.32. The Morgan fingerprint density at radius 2 is 1.26 bits per heavy atom. The van der Waals surface area contributed by atoms with Crippen LogP contribution in [0.2, 0.25) is 0 Å². The maximum atomic E-state index is 12.6. The lowest BCUT2D eigenvalue weighted by Gasteiger charge is -2.23. The number of benzene rings is 2. The van der Waals surface area contributed by atoms with Crippen molar-refractivity contribution in [3.8, 4) is 0 Å². The number of ketones is 3. The summed E-state index contributed by atoms with van der Waals surface area (Å²) in [6, 6.07) is 18.3. The standard InChI is InChI=1S/C20H20O3/c1-14(21)20(15(2)22)18(16-9-5-3-6-10-16)13-19(23)17-11-7-4-8-12-17/h3-12,18,20H,13H2,1-2H3. The van der Waals surface area contributed by atoms with E-state index in [1.807, 2.05) is 36.4 Å². The molecule has 0 heterocycles. The van der Waals surface area contributed by atoms with Crippen LogP contribution < -0.4 is 0 Å². The third-order valence-corrected chi connectivity index (χ3v) is 4.01. The number of rotatable bonds is 7. The van der Waals surface area contributed by atoms with E-state index in [2.05, 4.69) is 0 Å². The Kier molecular flexibility index (Phi) is 5.58. The van der Waals surface area contributed by atoms with E-state index in [-0.39, 0.29) is 23.8 Å². The van der Waals surface area contributed by atoms with E-state index < -0.39 is 11.8 Å². The molecule has 0 aliphatic carbocycles. The quantitative estimate of drug-likeness (QED) is 0.577. The molecular formula is C20H20O3. The summed E-state index contributed by atoms with van der Waals surface area (Å²) in [6.07, 6.45) is 0.137. The van der Waals surface area contributed by atoms with Crippen molar-refractivity contribution in [3.05, 3.63) is 71.8 Å². The Hall–Kier alpha value is -2.55. The molecule has 1 atom stereocenters. The third-order valence-electron chi connectivity index (χ3n) is 4.01. The van der Waals surface area contributed by atoms with Crippen molar-refractivity contribution in [2.45, 2.75) is 26.2 Å². The van der Waals surface area contributed by atoms with Crippen LogP contribution in [0.5, 0.6) is 0 Å². The second-order valence-corrected chi connectivity index (χ2v) is 5.71. The van der Waals surface area contributed by atoms with Gasteiger partial charge in [0.1, 0.15) is 11.6 Å². The zero-order chi connectivity index (χ0) is 16.8. The minimum absolute atomic E-state index is 0.0630. The topological polar surface area (TPSA) is 51.2 Å². The molecule has 0 saturated carbocycles. The van der Waals surface area contributed by atoms with Gasteiger partial charge in [-0.25, -0.2) is 0 Å². The lowest BCUT2D eigenvalue weighted by Crippen LogP contribution is -2.28. The summed E-state index contributed by atoms with van der Waals surface area (Å²) >= 11 is 0. The van der Waals surface area contributed by atoms with Crippen molar-refractivity contribution >= 4 is 17.3 Å². The molecule has 2 aromatic carbocycles. The fraction of sp³-hybridized carbons (Fsp3) is 0.250. The molecule has 0 bridgehead atoms. The Balaban J connectivity index is 2.36. The van der Waals surface area contributed by atoms with Crippen LogP contribution in [0.4, 0.5) is 0 Å². The summed E-state index contributed by atoms with van der Waals surface area (Å²) in [5.41, 5.74) is 1.44. The van der Waals surface area contributed by atoms with Crippen LogP contribution >= 0.6 is 0 Å². The molecule has 0 N–H and O–H groups in total. The zero-order valence-corrected chi connectivity index (χ0v) is 13.4. The summed E-state index contributed by atoms with van der Waals surface area (Å²) in [6.45, 7) is 2.82. The Morgan fingerprint density at radius 3 is 1.74 bits per heavy atom. The molecule has 0 amide bonds. The lowest BCUT2D eigenvalue weighted by molar-refractivity contribution is -0.131. The predicted octanol–water partition coefficient (Wildman–Crippen LogP) is 3.84. The Morgan fingerprint density at radius 1 is 0.783 bits per heavy atom. The summed E-state index contributed by atoms with van der Waals surface area (Å²) < 4.78 is 0. The van der Waals surface area contributed by atoms with Gasteiger partial charge in [0.2, 0.25) is 0 Å². The normalized spacial score (nSPS) is 12.0. The SMILES string of the molecule is CC(=O)C(C(C)=O)C(CC(=O)c1ccccc1)c1ccccc1. The van der Waals surface area contributed by atoms with Crippen LogP contribution in [-0.4, -0.2) is 17.3 Å². The highest BCUT2D eigenvalue weighted by Crippen LogP contribution is 2.31. The first-order valence-corrected chi connectivity index (χ1v) is 7.64. The second-order valence-electron chi connectivity index (χ2n) is 5.71. The first-order valence-electron chi connectivity index (χ1n) is 7.64. The number of hydrogen-bond acceptors (Lipinski definition) is 3. The molecule has 0 fully saturated rings. The molecular weight excluding hydrogens is 288 g/mol. The average molecular weight is 308 g/mol. The summed E-state index contributed by atoms with van der Waals surface area (Å²) in [4.78, 5) is 36.5. The summed E-state index contributed by atoms with van der Waals surface area (Å²) in [7, 11) is 0. The number of Topliss-reactive ketones (excluding diaryl/α,β-unsaturated/α-hetero) is 3. The maximum absolute atomic E-state index is 12.6. The van der Waals surface area contributed by atoms with E-state index in [9.17, 15) is 14.4 Å². The predicted molar refractivity (Wildman–Crippen MR) is 89.4 cm³/mol. The minimum atomic E-state index is -0.787. The van der Waals surface area contributed by atoms with Gasteiger partial charge in [0, 0.05) is 17.9 Å². The smallest absolute Gasteiger partial charge is 0.163 e. The molecule has 2 rings (SSSR count). The van der Waals surface area contributed by atoms with Gasteiger partial charge < -0.3 is 0 Å². The molecule has 0 aliphatic heterocycles. The molecule has 118 valence electrons. The van der Waals surface area contributed by atoms with Crippen LogP contribution in [-0.2, 0) is 9.59 Å². The van der Waals surface area contributed by atoms with Gasteiger partial charge in [0.05, 0.1) is 5.92 Å². The molecule has 0 aliphatic rings.